The Morgan fingerprint density at radius 3 is 2.88 bits per heavy atom. The third kappa shape index (κ3) is 1.45. The average molecular weight is 247 g/mol. The molecule has 2 nitrogen and oxygen atoms in total. The Kier molecular flexibility index (Phi) is 2.32. The highest BCUT2D eigenvalue weighted by Crippen LogP contribution is 2.48. The summed E-state index contributed by atoms with van der Waals surface area (Å²) in [5.41, 5.74) is 3.75. The molecule has 2 atom stereocenters. The summed E-state index contributed by atoms with van der Waals surface area (Å²) >= 11 is 0. The van der Waals surface area contributed by atoms with E-state index < -0.39 is 11.0 Å². The summed E-state index contributed by atoms with van der Waals surface area (Å²) in [6.07, 6.45) is 0.943. The lowest BCUT2D eigenvalue weighted by molar-refractivity contribution is 0.393. The van der Waals surface area contributed by atoms with Crippen LogP contribution in [-0.4, -0.2) is 15.1 Å². The number of nitrogens with zero attached hydrogens (tertiary/aromatic N) is 1. The fraction of sp³-hybridized carbons (Fsp3) is 0.429. The summed E-state index contributed by atoms with van der Waals surface area (Å²) in [5, 5.41) is 0. The first kappa shape index (κ1) is 11.2. The minimum Gasteiger partial charge on any atom is -0.242 e. The molecule has 0 aromatic heterocycles. The van der Waals surface area contributed by atoms with Gasteiger partial charge in [-0.05, 0) is 31.4 Å². The second kappa shape index (κ2) is 3.53. The van der Waals surface area contributed by atoms with Gasteiger partial charge in [-0.15, -0.1) is 0 Å². The summed E-state index contributed by atoms with van der Waals surface area (Å²) in [6.45, 7) is 8.97. The molecule has 0 spiro atoms. The first-order valence-electron chi connectivity index (χ1n) is 5.96. The highest BCUT2D eigenvalue weighted by atomic mass is 32.2. The molecule has 0 radical (unpaired) electrons. The zero-order valence-corrected chi connectivity index (χ0v) is 11.1. The molecule has 1 unspecified atom stereocenters. The van der Waals surface area contributed by atoms with Gasteiger partial charge in [0.2, 0.25) is 0 Å². The van der Waals surface area contributed by atoms with E-state index in [-0.39, 0.29) is 10.8 Å². The molecule has 1 fully saturated rings. The van der Waals surface area contributed by atoms with Gasteiger partial charge in [-0.25, -0.2) is 8.51 Å². The first-order valence-corrected chi connectivity index (χ1v) is 7.07. The Bertz CT molecular complexity index is 521. The predicted octanol–water partition coefficient (Wildman–Crippen LogP) is 2.90. The standard InChI is InChI=1S/C14H17NOS/c1-10-8-13-11-6-4-5-7-12(11)14(2,3)17(16)15(13)9-10/h4-7,13H,1,8-9H2,2-3H3/t13-,17?/m1/s1. The van der Waals surface area contributed by atoms with Crippen LogP contribution in [0.1, 0.15) is 37.4 Å². The molecular weight excluding hydrogens is 230 g/mol. The average Bonchev–Trinajstić information content (AvgIpc) is 2.69. The number of benzene rings is 1. The molecule has 90 valence electrons. The molecule has 2 aliphatic rings. The Balaban J connectivity index is 2.22. The molecule has 3 heteroatoms. The lowest BCUT2D eigenvalue weighted by Crippen LogP contribution is -2.42. The van der Waals surface area contributed by atoms with E-state index in [9.17, 15) is 4.21 Å². The number of rotatable bonds is 0. The summed E-state index contributed by atoms with van der Waals surface area (Å²) in [6, 6.07) is 8.67. The summed E-state index contributed by atoms with van der Waals surface area (Å²) < 4.78 is 14.4. The first-order chi connectivity index (χ1) is 8.01. The number of hydrogen-bond donors (Lipinski definition) is 0. The maximum absolute atomic E-state index is 12.6. The van der Waals surface area contributed by atoms with E-state index in [1.54, 1.807) is 0 Å². The van der Waals surface area contributed by atoms with Gasteiger partial charge >= 0.3 is 0 Å². The molecule has 1 aromatic carbocycles. The Labute approximate surface area is 105 Å². The van der Waals surface area contributed by atoms with Gasteiger partial charge in [0.1, 0.15) is 11.0 Å². The zero-order valence-electron chi connectivity index (χ0n) is 10.3. The SMILES string of the molecule is C=C1C[C@@H]2c3ccccc3C(C)(C)S(=O)N2C1. The molecule has 1 aromatic rings. The monoisotopic (exact) mass is 247 g/mol. The van der Waals surface area contributed by atoms with Crippen molar-refractivity contribution in [2.45, 2.75) is 31.1 Å². The van der Waals surface area contributed by atoms with Gasteiger partial charge in [-0.1, -0.05) is 36.4 Å². The maximum Gasteiger partial charge on any atom is 0.105 e. The van der Waals surface area contributed by atoms with E-state index in [0.717, 1.165) is 13.0 Å². The Morgan fingerprint density at radius 1 is 1.41 bits per heavy atom. The van der Waals surface area contributed by atoms with Crippen molar-refractivity contribution < 1.29 is 4.21 Å². The van der Waals surface area contributed by atoms with E-state index in [0.29, 0.717) is 0 Å². The quantitative estimate of drug-likeness (QED) is 0.646. The summed E-state index contributed by atoms with van der Waals surface area (Å²) in [7, 11) is -0.966. The molecule has 2 aliphatic heterocycles. The van der Waals surface area contributed by atoms with Crippen molar-refractivity contribution in [2.75, 3.05) is 6.54 Å². The fourth-order valence-corrected chi connectivity index (χ4v) is 4.61. The zero-order chi connectivity index (χ0) is 12.2. The lowest BCUT2D eigenvalue weighted by Gasteiger charge is -2.40. The molecule has 0 bridgehead atoms. The Morgan fingerprint density at radius 2 is 2.12 bits per heavy atom. The van der Waals surface area contributed by atoms with Crippen LogP contribution in [0.3, 0.4) is 0 Å². The third-order valence-electron chi connectivity index (χ3n) is 3.83. The largest absolute Gasteiger partial charge is 0.242 e. The summed E-state index contributed by atoms with van der Waals surface area (Å²) in [5.74, 6) is 0. The molecule has 0 N–H and O–H groups in total. The third-order valence-corrected chi connectivity index (χ3v) is 5.73. The van der Waals surface area contributed by atoms with Crippen LogP contribution in [0, 0.1) is 0 Å². The van der Waals surface area contributed by atoms with Crippen LogP contribution in [0.15, 0.2) is 36.4 Å². The van der Waals surface area contributed by atoms with Crippen LogP contribution < -0.4 is 0 Å². The normalized spacial score (nSPS) is 31.1. The second-order valence-corrected chi connectivity index (χ2v) is 7.38. The molecule has 3 rings (SSSR count). The molecule has 1 saturated heterocycles. The van der Waals surface area contributed by atoms with Crippen molar-refractivity contribution in [1.82, 2.24) is 4.31 Å². The van der Waals surface area contributed by atoms with E-state index >= 15 is 0 Å². The predicted molar refractivity (Wildman–Crippen MR) is 70.8 cm³/mol. The number of hydrogen-bond acceptors (Lipinski definition) is 1. The van der Waals surface area contributed by atoms with Gasteiger partial charge < -0.3 is 0 Å². The minimum atomic E-state index is -0.966. The van der Waals surface area contributed by atoms with E-state index in [1.165, 1.54) is 16.7 Å². The van der Waals surface area contributed by atoms with Gasteiger partial charge in [-0.2, -0.15) is 0 Å². The van der Waals surface area contributed by atoms with Crippen LogP contribution in [0.5, 0.6) is 0 Å². The molecule has 17 heavy (non-hydrogen) atoms. The van der Waals surface area contributed by atoms with Crippen molar-refractivity contribution in [1.29, 1.82) is 0 Å². The van der Waals surface area contributed by atoms with E-state index in [2.05, 4.69) is 42.9 Å². The van der Waals surface area contributed by atoms with Crippen LogP contribution in [0.25, 0.3) is 0 Å². The molecule has 2 heterocycles. The molecular formula is C14H17NOS. The number of fused-ring (bicyclic) bond motifs is 3. The van der Waals surface area contributed by atoms with Crippen molar-refractivity contribution in [3.63, 3.8) is 0 Å². The van der Waals surface area contributed by atoms with E-state index in [1.807, 2.05) is 6.07 Å². The second-order valence-electron chi connectivity index (χ2n) is 5.39. The summed E-state index contributed by atoms with van der Waals surface area (Å²) in [4.78, 5) is 0. The van der Waals surface area contributed by atoms with Gasteiger partial charge in [0.05, 0.1) is 10.8 Å². The van der Waals surface area contributed by atoms with Gasteiger partial charge in [0, 0.05) is 6.54 Å². The van der Waals surface area contributed by atoms with Crippen LogP contribution in [0.2, 0.25) is 0 Å². The van der Waals surface area contributed by atoms with Crippen molar-refractivity contribution in [2.24, 2.45) is 0 Å². The van der Waals surface area contributed by atoms with Crippen molar-refractivity contribution >= 4 is 11.0 Å². The van der Waals surface area contributed by atoms with E-state index in [4.69, 9.17) is 0 Å². The van der Waals surface area contributed by atoms with Gasteiger partial charge in [-0.3, -0.25) is 0 Å². The lowest BCUT2D eigenvalue weighted by atomic mass is 9.91. The molecule has 0 aliphatic carbocycles. The van der Waals surface area contributed by atoms with Crippen LogP contribution in [-0.2, 0) is 15.7 Å². The van der Waals surface area contributed by atoms with Crippen LogP contribution >= 0.6 is 0 Å². The maximum atomic E-state index is 12.6. The molecule has 0 saturated carbocycles. The van der Waals surface area contributed by atoms with Crippen molar-refractivity contribution in [3.8, 4) is 0 Å². The highest BCUT2D eigenvalue weighted by Gasteiger charge is 2.46. The highest BCUT2D eigenvalue weighted by molar-refractivity contribution is 7.83. The topological polar surface area (TPSA) is 20.3 Å². The fourth-order valence-electron chi connectivity index (χ4n) is 2.93. The van der Waals surface area contributed by atoms with Gasteiger partial charge in [0.15, 0.2) is 0 Å². The van der Waals surface area contributed by atoms with Crippen molar-refractivity contribution in [3.05, 3.63) is 47.5 Å². The minimum absolute atomic E-state index is 0.271. The smallest absolute Gasteiger partial charge is 0.105 e. The van der Waals surface area contributed by atoms with Crippen LogP contribution in [0.4, 0.5) is 0 Å². The Hall–Kier alpha value is -0.930. The molecule has 0 amide bonds. The van der Waals surface area contributed by atoms with Gasteiger partial charge in [0.25, 0.3) is 0 Å².